The van der Waals surface area contributed by atoms with Crippen molar-refractivity contribution in [2.45, 2.75) is 12.5 Å². The van der Waals surface area contributed by atoms with Crippen LogP contribution in [0.2, 0.25) is 0 Å². The van der Waals surface area contributed by atoms with Crippen molar-refractivity contribution in [1.82, 2.24) is 29.9 Å². The SMILES string of the molecule is O=C(N[C@@H]1CCN(c2nccn3cnnc23)C1)c1cc(-c2ccc(F)cc2)c[nH]1. The van der Waals surface area contributed by atoms with Gasteiger partial charge in [-0.2, -0.15) is 0 Å². The molecule has 1 saturated heterocycles. The number of hydrogen-bond acceptors (Lipinski definition) is 5. The molecule has 1 amide bonds. The van der Waals surface area contributed by atoms with E-state index in [4.69, 9.17) is 0 Å². The van der Waals surface area contributed by atoms with Crippen LogP contribution in [0, 0.1) is 5.82 Å². The van der Waals surface area contributed by atoms with Gasteiger partial charge >= 0.3 is 0 Å². The average Bonchev–Trinajstić information content (AvgIpc) is 3.48. The third kappa shape index (κ3) is 3.31. The molecular weight excluding hydrogens is 373 g/mol. The maximum atomic E-state index is 13.1. The number of nitrogens with zero attached hydrogens (tertiary/aromatic N) is 5. The van der Waals surface area contributed by atoms with Crippen molar-refractivity contribution >= 4 is 17.4 Å². The van der Waals surface area contributed by atoms with Gasteiger partial charge in [0.05, 0.1) is 0 Å². The monoisotopic (exact) mass is 391 g/mol. The van der Waals surface area contributed by atoms with Crippen LogP contribution in [0.3, 0.4) is 0 Å². The number of hydrogen-bond donors (Lipinski definition) is 2. The van der Waals surface area contributed by atoms with E-state index in [1.807, 2.05) is 4.40 Å². The molecule has 1 aromatic carbocycles. The highest BCUT2D eigenvalue weighted by Crippen LogP contribution is 2.23. The highest BCUT2D eigenvalue weighted by Gasteiger charge is 2.27. The van der Waals surface area contributed by atoms with Gasteiger partial charge in [-0.15, -0.1) is 10.2 Å². The lowest BCUT2D eigenvalue weighted by Crippen LogP contribution is -2.37. The Hall–Kier alpha value is -3.75. The van der Waals surface area contributed by atoms with Crippen LogP contribution in [-0.4, -0.2) is 49.6 Å². The van der Waals surface area contributed by atoms with Crippen LogP contribution in [0.1, 0.15) is 16.9 Å². The Bertz CT molecular complexity index is 1170. The van der Waals surface area contributed by atoms with Crippen LogP contribution in [0.25, 0.3) is 16.8 Å². The average molecular weight is 391 g/mol. The number of aromatic nitrogens is 5. The van der Waals surface area contributed by atoms with E-state index in [1.165, 1.54) is 12.1 Å². The smallest absolute Gasteiger partial charge is 0.267 e. The van der Waals surface area contributed by atoms with Crippen molar-refractivity contribution in [1.29, 1.82) is 0 Å². The number of amides is 1. The molecule has 0 bridgehead atoms. The van der Waals surface area contributed by atoms with E-state index in [2.05, 4.69) is 30.4 Å². The molecule has 1 aliphatic rings. The molecule has 5 rings (SSSR count). The Morgan fingerprint density at radius 2 is 2.10 bits per heavy atom. The summed E-state index contributed by atoms with van der Waals surface area (Å²) in [7, 11) is 0. The minimum atomic E-state index is -0.288. The predicted octanol–water partition coefficient (Wildman–Crippen LogP) is 2.27. The normalized spacial score (nSPS) is 16.4. The minimum absolute atomic E-state index is 0.00467. The summed E-state index contributed by atoms with van der Waals surface area (Å²) in [6, 6.07) is 7.96. The Morgan fingerprint density at radius 3 is 2.97 bits per heavy atom. The predicted molar refractivity (Wildman–Crippen MR) is 105 cm³/mol. The van der Waals surface area contributed by atoms with Gasteiger partial charge in [0, 0.05) is 37.7 Å². The quantitative estimate of drug-likeness (QED) is 0.557. The highest BCUT2D eigenvalue weighted by molar-refractivity contribution is 5.94. The summed E-state index contributed by atoms with van der Waals surface area (Å²) in [5.41, 5.74) is 2.86. The first-order valence-corrected chi connectivity index (χ1v) is 9.32. The first kappa shape index (κ1) is 17.4. The lowest BCUT2D eigenvalue weighted by atomic mass is 10.1. The van der Waals surface area contributed by atoms with Crippen LogP contribution in [-0.2, 0) is 0 Å². The van der Waals surface area contributed by atoms with Gasteiger partial charge < -0.3 is 15.2 Å². The first-order chi connectivity index (χ1) is 14.2. The zero-order chi connectivity index (χ0) is 19.8. The molecule has 8 nitrogen and oxygen atoms in total. The van der Waals surface area contributed by atoms with Gasteiger partial charge in [0.1, 0.15) is 17.8 Å². The van der Waals surface area contributed by atoms with Crippen LogP contribution in [0.4, 0.5) is 10.2 Å². The second kappa shape index (κ2) is 7.01. The van der Waals surface area contributed by atoms with Gasteiger partial charge in [-0.05, 0) is 35.7 Å². The van der Waals surface area contributed by atoms with Crippen molar-refractivity contribution in [3.8, 4) is 11.1 Å². The van der Waals surface area contributed by atoms with E-state index >= 15 is 0 Å². The van der Waals surface area contributed by atoms with E-state index in [1.54, 1.807) is 43.1 Å². The Labute approximate surface area is 165 Å². The largest absolute Gasteiger partial charge is 0.357 e. The maximum Gasteiger partial charge on any atom is 0.267 e. The number of rotatable bonds is 4. The van der Waals surface area contributed by atoms with E-state index < -0.39 is 0 Å². The molecular formula is C20H18FN7O. The fourth-order valence-electron chi connectivity index (χ4n) is 3.64. The maximum absolute atomic E-state index is 13.1. The summed E-state index contributed by atoms with van der Waals surface area (Å²) in [4.78, 5) is 22.2. The molecule has 0 spiro atoms. The zero-order valence-electron chi connectivity index (χ0n) is 15.4. The molecule has 9 heteroatoms. The number of anilines is 1. The highest BCUT2D eigenvalue weighted by atomic mass is 19.1. The lowest BCUT2D eigenvalue weighted by Gasteiger charge is -2.17. The third-order valence-electron chi connectivity index (χ3n) is 5.13. The fraction of sp³-hybridized carbons (Fsp3) is 0.200. The number of nitrogens with one attached hydrogen (secondary N) is 2. The first-order valence-electron chi connectivity index (χ1n) is 9.32. The van der Waals surface area contributed by atoms with Crippen LogP contribution in [0.15, 0.2) is 55.2 Å². The summed E-state index contributed by atoms with van der Waals surface area (Å²) < 4.78 is 14.9. The van der Waals surface area contributed by atoms with Crippen LogP contribution < -0.4 is 10.2 Å². The molecule has 1 atom stereocenters. The molecule has 4 aromatic rings. The van der Waals surface area contributed by atoms with Crippen LogP contribution in [0.5, 0.6) is 0 Å². The van der Waals surface area contributed by atoms with Crippen molar-refractivity contribution in [3.63, 3.8) is 0 Å². The molecule has 146 valence electrons. The Balaban J connectivity index is 1.26. The second-order valence-electron chi connectivity index (χ2n) is 7.03. The molecule has 1 fully saturated rings. The van der Waals surface area contributed by atoms with E-state index in [0.717, 1.165) is 29.9 Å². The number of carbonyl (C=O) groups is 1. The molecule has 0 aliphatic carbocycles. The molecule has 2 N–H and O–H groups in total. The number of aromatic amines is 1. The van der Waals surface area contributed by atoms with E-state index in [0.29, 0.717) is 17.9 Å². The molecule has 0 saturated carbocycles. The number of H-pyrrole nitrogens is 1. The molecule has 3 aromatic heterocycles. The van der Waals surface area contributed by atoms with Gasteiger partial charge in [-0.3, -0.25) is 9.20 Å². The minimum Gasteiger partial charge on any atom is -0.357 e. The number of halogens is 1. The van der Waals surface area contributed by atoms with Crippen LogP contribution >= 0.6 is 0 Å². The van der Waals surface area contributed by atoms with Crippen molar-refractivity contribution in [3.05, 3.63) is 66.8 Å². The lowest BCUT2D eigenvalue weighted by molar-refractivity contribution is 0.0936. The van der Waals surface area contributed by atoms with Gasteiger partial charge in [0.15, 0.2) is 5.82 Å². The van der Waals surface area contributed by atoms with E-state index in [-0.39, 0.29) is 17.8 Å². The summed E-state index contributed by atoms with van der Waals surface area (Å²) in [6.45, 7) is 1.42. The molecule has 0 unspecified atom stereocenters. The molecule has 4 heterocycles. The second-order valence-corrected chi connectivity index (χ2v) is 7.03. The van der Waals surface area contributed by atoms with Crippen molar-refractivity contribution < 1.29 is 9.18 Å². The number of benzene rings is 1. The standard InChI is InChI=1S/C20H18FN7O/c21-15-3-1-13(2-4-15)14-9-17(23-10-14)20(29)25-16-5-7-27(11-16)18-19-26-24-12-28(19)8-6-22-18/h1-4,6,8-10,12,16,23H,5,7,11H2,(H,25,29)/t16-/m1/s1. The van der Waals surface area contributed by atoms with Gasteiger partial charge in [0.25, 0.3) is 5.91 Å². The molecule has 29 heavy (non-hydrogen) atoms. The van der Waals surface area contributed by atoms with E-state index in [9.17, 15) is 9.18 Å². The summed E-state index contributed by atoms with van der Waals surface area (Å²) in [5, 5.41) is 11.1. The van der Waals surface area contributed by atoms with Gasteiger partial charge in [-0.25, -0.2) is 9.37 Å². The Kier molecular flexibility index (Phi) is 4.19. The summed E-state index contributed by atoms with van der Waals surface area (Å²) >= 11 is 0. The third-order valence-corrected chi connectivity index (χ3v) is 5.13. The fourth-order valence-corrected chi connectivity index (χ4v) is 3.64. The number of fused-ring (bicyclic) bond motifs is 1. The van der Waals surface area contributed by atoms with Gasteiger partial charge in [-0.1, -0.05) is 12.1 Å². The summed E-state index contributed by atoms with van der Waals surface area (Å²) in [6.07, 6.45) is 7.72. The van der Waals surface area contributed by atoms with Crippen molar-refractivity contribution in [2.75, 3.05) is 18.0 Å². The zero-order valence-corrected chi connectivity index (χ0v) is 15.4. The van der Waals surface area contributed by atoms with Gasteiger partial charge in [0.2, 0.25) is 5.65 Å². The van der Waals surface area contributed by atoms with Crippen molar-refractivity contribution in [2.24, 2.45) is 0 Å². The molecule has 0 radical (unpaired) electrons. The Morgan fingerprint density at radius 1 is 1.24 bits per heavy atom. The number of carbonyl (C=O) groups excluding carboxylic acids is 1. The summed E-state index contributed by atoms with van der Waals surface area (Å²) in [5.74, 6) is 0.309. The topological polar surface area (TPSA) is 91.2 Å². The molecule has 1 aliphatic heterocycles.